The zero-order valence-corrected chi connectivity index (χ0v) is 23.9. The molecule has 0 unspecified atom stereocenters. The molecular formula is C31H28N7O4P. The first-order chi connectivity index (χ1) is 20.9. The summed E-state index contributed by atoms with van der Waals surface area (Å²) >= 11 is 0. The summed E-state index contributed by atoms with van der Waals surface area (Å²) in [5.41, 5.74) is 7.52. The highest BCUT2D eigenvalue weighted by molar-refractivity contribution is 7.46. The second-order valence-electron chi connectivity index (χ2n) is 10.3. The first kappa shape index (κ1) is 27.1. The van der Waals surface area contributed by atoms with Gasteiger partial charge in [-0.05, 0) is 73.2 Å². The fraction of sp³-hybridized carbons (Fsp3) is 0.129. The maximum absolute atomic E-state index is 11.7. The summed E-state index contributed by atoms with van der Waals surface area (Å²) in [7, 11) is -4.74. The maximum Gasteiger partial charge on any atom is 0.471 e. The van der Waals surface area contributed by atoms with Crippen molar-refractivity contribution in [3.8, 4) is 11.4 Å². The van der Waals surface area contributed by atoms with Crippen molar-refractivity contribution in [3.63, 3.8) is 0 Å². The molecule has 1 aliphatic rings. The van der Waals surface area contributed by atoms with Gasteiger partial charge in [-0.3, -0.25) is 19.1 Å². The number of benzene rings is 3. The average molecular weight is 594 g/mol. The minimum absolute atomic E-state index is 0.388. The van der Waals surface area contributed by atoms with Crippen LogP contribution in [-0.2, 0) is 15.8 Å². The number of anilines is 5. The summed E-state index contributed by atoms with van der Waals surface area (Å²) in [6, 6.07) is 25.3. The van der Waals surface area contributed by atoms with Crippen molar-refractivity contribution in [1.29, 1.82) is 0 Å². The minimum atomic E-state index is -4.74. The lowest BCUT2D eigenvalue weighted by atomic mass is 10.1. The Labute approximate surface area is 247 Å². The Morgan fingerprint density at radius 1 is 0.837 bits per heavy atom. The van der Waals surface area contributed by atoms with E-state index in [0.29, 0.717) is 16.9 Å². The van der Waals surface area contributed by atoms with E-state index in [9.17, 15) is 14.4 Å². The zero-order valence-electron chi connectivity index (χ0n) is 23.0. The maximum atomic E-state index is 11.7. The monoisotopic (exact) mass is 593 g/mol. The second-order valence-corrected chi connectivity index (χ2v) is 11.5. The van der Waals surface area contributed by atoms with Gasteiger partial charge < -0.3 is 25.3 Å². The molecule has 43 heavy (non-hydrogen) atoms. The smallest absolute Gasteiger partial charge is 0.371 e. The van der Waals surface area contributed by atoms with Crippen molar-refractivity contribution < 1.29 is 18.9 Å². The van der Waals surface area contributed by atoms with Gasteiger partial charge >= 0.3 is 7.82 Å². The van der Waals surface area contributed by atoms with Crippen LogP contribution in [0, 0.1) is 0 Å². The Morgan fingerprint density at radius 3 is 2.44 bits per heavy atom. The van der Waals surface area contributed by atoms with Crippen LogP contribution in [0.5, 0.6) is 0 Å². The Morgan fingerprint density at radius 2 is 1.65 bits per heavy atom. The average Bonchev–Trinajstić information content (AvgIpc) is 3.34. The largest absolute Gasteiger partial charge is 0.471 e. The van der Waals surface area contributed by atoms with Crippen LogP contribution in [0.15, 0.2) is 97.5 Å². The van der Waals surface area contributed by atoms with Crippen LogP contribution >= 0.6 is 7.82 Å². The van der Waals surface area contributed by atoms with Crippen molar-refractivity contribution in [2.24, 2.45) is 0 Å². The number of aromatic nitrogens is 4. The van der Waals surface area contributed by atoms with E-state index in [1.807, 2.05) is 66.7 Å². The normalized spacial score (nSPS) is 13.3. The third-order valence-electron chi connectivity index (χ3n) is 7.42. The van der Waals surface area contributed by atoms with Crippen molar-refractivity contribution in [2.45, 2.75) is 13.2 Å². The van der Waals surface area contributed by atoms with Gasteiger partial charge in [0.1, 0.15) is 12.6 Å². The molecule has 0 atom stereocenters. The van der Waals surface area contributed by atoms with Crippen molar-refractivity contribution >= 4 is 58.2 Å². The number of pyridine rings is 2. The van der Waals surface area contributed by atoms with E-state index in [1.165, 1.54) is 12.1 Å². The molecule has 4 heterocycles. The van der Waals surface area contributed by atoms with Crippen molar-refractivity contribution in [1.82, 2.24) is 19.5 Å². The van der Waals surface area contributed by atoms with Crippen molar-refractivity contribution in [3.05, 3.63) is 97.5 Å². The fourth-order valence-corrected chi connectivity index (χ4v) is 5.46. The summed E-state index contributed by atoms with van der Waals surface area (Å²) in [6.07, 6.45) is 6.37. The predicted molar refractivity (Wildman–Crippen MR) is 168 cm³/mol. The minimum Gasteiger partial charge on any atom is -0.371 e. The molecule has 0 saturated carbocycles. The topological polar surface area (TPSA) is 138 Å². The summed E-state index contributed by atoms with van der Waals surface area (Å²) in [4.78, 5) is 34.7. The molecule has 0 amide bonds. The van der Waals surface area contributed by atoms with Gasteiger partial charge in [0.15, 0.2) is 0 Å². The van der Waals surface area contributed by atoms with Gasteiger partial charge in [-0.1, -0.05) is 12.1 Å². The van der Waals surface area contributed by atoms with Crippen LogP contribution in [0.25, 0.3) is 33.3 Å². The molecule has 0 bridgehead atoms. The van der Waals surface area contributed by atoms with E-state index in [-0.39, 0.29) is 6.73 Å². The Kier molecular flexibility index (Phi) is 7.00. The Balaban J connectivity index is 1.25. The lowest BCUT2D eigenvalue weighted by Gasteiger charge is -2.33. The quantitative estimate of drug-likeness (QED) is 0.139. The van der Waals surface area contributed by atoms with Crippen LogP contribution in [0.4, 0.5) is 28.4 Å². The van der Waals surface area contributed by atoms with Crippen LogP contribution in [-0.4, -0.2) is 42.4 Å². The van der Waals surface area contributed by atoms with E-state index in [2.05, 4.69) is 37.6 Å². The van der Waals surface area contributed by atoms with Crippen LogP contribution in [0.2, 0.25) is 0 Å². The highest BCUT2D eigenvalue weighted by Gasteiger charge is 2.20. The van der Waals surface area contributed by atoms with Gasteiger partial charge in [0, 0.05) is 71.1 Å². The molecule has 216 valence electrons. The molecule has 4 N–H and O–H groups in total. The van der Waals surface area contributed by atoms with Crippen molar-refractivity contribution in [2.75, 3.05) is 28.6 Å². The number of rotatable bonds is 9. The summed E-state index contributed by atoms with van der Waals surface area (Å²) < 4.78 is 18.3. The van der Waals surface area contributed by atoms with Gasteiger partial charge in [0.2, 0.25) is 0 Å². The van der Waals surface area contributed by atoms with E-state index in [4.69, 9.17) is 9.51 Å². The number of nitrogens with one attached hydrogen (secondary N) is 2. The summed E-state index contributed by atoms with van der Waals surface area (Å²) in [6.45, 7) is 1.73. The van der Waals surface area contributed by atoms with Gasteiger partial charge in [-0.2, -0.15) is 0 Å². The first-order valence-corrected chi connectivity index (χ1v) is 15.3. The number of fused-ring (bicyclic) bond motifs is 2. The van der Waals surface area contributed by atoms with Gasteiger partial charge in [0.05, 0.1) is 16.6 Å². The first-order valence-electron chi connectivity index (χ1n) is 13.8. The Bertz CT molecular complexity index is 1990. The predicted octanol–water partition coefficient (Wildman–Crippen LogP) is 6.41. The van der Waals surface area contributed by atoms with Crippen LogP contribution < -0.4 is 15.5 Å². The highest BCUT2D eigenvalue weighted by atomic mass is 31.2. The Hall–Kier alpha value is -4.80. The number of phosphoric acid groups is 1. The SMILES string of the molecule is O=P(O)(O)OCn1c(-c2cccc(Nc3ccnc4ccc(N5CCC5)cc34)c2)nc2ccc(Nc3ccncc3)cc21. The molecule has 3 aromatic carbocycles. The highest BCUT2D eigenvalue weighted by Crippen LogP contribution is 2.38. The molecule has 6 aromatic rings. The molecule has 0 radical (unpaired) electrons. The molecule has 11 nitrogen and oxygen atoms in total. The zero-order chi connectivity index (χ0) is 29.4. The molecule has 1 aliphatic heterocycles. The van der Waals surface area contributed by atoms with Gasteiger partial charge in [-0.25, -0.2) is 9.55 Å². The van der Waals surface area contributed by atoms with Gasteiger partial charge in [-0.15, -0.1) is 0 Å². The molecule has 7 rings (SSSR count). The van der Waals surface area contributed by atoms with E-state index in [0.717, 1.165) is 52.3 Å². The molecule has 12 heteroatoms. The number of hydrogen-bond acceptors (Lipinski definition) is 8. The van der Waals surface area contributed by atoms with E-state index < -0.39 is 7.82 Å². The molecule has 0 spiro atoms. The second kappa shape index (κ2) is 11.1. The fourth-order valence-electron chi connectivity index (χ4n) is 5.19. The van der Waals surface area contributed by atoms with Gasteiger partial charge in [0.25, 0.3) is 0 Å². The summed E-state index contributed by atoms with van der Waals surface area (Å²) in [5, 5.41) is 7.88. The molecule has 1 saturated heterocycles. The lowest BCUT2D eigenvalue weighted by Crippen LogP contribution is -2.36. The van der Waals surface area contributed by atoms with Crippen LogP contribution in [0.1, 0.15) is 6.42 Å². The summed E-state index contributed by atoms with van der Waals surface area (Å²) in [5.74, 6) is 0.507. The van der Waals surface area contributed by atoms with E-state index in [1.54, 1.807) is 23.2 Å². The molecular weight excluding hydrogens is 565 g/mol. The standard InChI is InChI=1S/C31H28N7O4P/c39-43(40,41)42-20-38-30-18-24(34-22-9-12-32-13-10-22)5-7-29(30)36-31(38)21-3-1-4-23(17-21)35-28-11-14-33-27-8-6-25(19-26(27)28)37-15-2-16-37/h1,3-14,17-19H,2,15-16,20H2,(H,32,34)(H,33,35)(H2,39,40,41). The molecule has 1 fully saturated rings. The number of imidazole rings is 1. The molecule has 3 aromatic heterocycles. The third-order valence-corrected chi connectivity index (χ3v) is 7.87. The lowest BCUT2D eigenvalue weighted by molar-refractivity contribution is 0.157. The molecule has 0 aliphatic carbocycles. The number of nitrogens with zero attached hydrogens (tertiary/aromatic N) is 5. The third kappa shape index (κ3) is 5.79. The number of hydrogen-bond donors (Lipinski definition) is 4. The van der Waals surface area contributed by atoms with Crippen LogP contribution in [0.3, 0.4) is 0 Å². The van der Waals surface area contributed by atoms with E-state index >= 15 is 0 Å². The number of phosphoric ester groups is 1.